The molecule has 3 aromatic rings. The lowest BCUT2D eigenvalue weighted by Crippen LogP contribution is -2.60. The minimum atomic E-state index is -2.62. The summed E-state index contributed by atoms with van der Waals surface area (Å²) in [4.78, 5) is 37.3. The summed E-state index contributed by atoms with van der Waals surface area (Å²) in [7, 11) is 0. The Morgan fingerprint density at radius 1 is 0.976 bits per heavy atom. The fourth-order valence-electron chi connectivity index (χ4n) is 5.79. The van der Waals surface area contributed by atoms with E-state index in [1.807, 2.05) is 23.2 Å². The number of halogens is 2. The van der Waals surface area contributed by atoms with Gasteiger partial charge in [-0.15, -0.1) is 5.10 Å². The number of hydrogen-bond donors (Lipinski definition) is 1. The highest BCUT2D eigenvalue weighted by Gasteiger charge is 2.53. The van der Waals surface area contributed by atoms with Crippen molar-refractivity contribution in [2.75, 3.05) is 31.1 Å². The third-order valence-electron chi connectivity index (χ3n) is 8.70. The van der Waals surface area contributed by atoms with Gasteiger partial charge in [0.25, 0.3) is 6.43 Å². The molecule has 42 heavy (non-hydrogen) atoms. The average Bonchev–Trinajstić information content (AvgIpc) is 3.81. The number of ether oxygens (including phenoxy) is 1. The van der Waals surface area contributed by atoms with Crippen molar-refractivity contribution in [3.05, 3.63) is 71.4 Å². The molecule has 1 aliphatic carbocycles. The van der Waals surface area contributed by atoms with Gasteiger partial charge in [0.2, 0.25) is 17.7 Å². The van der Waals surface area contributed by atoms with Crippen LogP contribution in [0.2, 0.25) is 0 Å². The number of anilines is 1. The van der Waals surface area contributed by atoms with E-state index in [-0.39, 0.29) is 30.0 Å². The first kappa shape index (κ1) is 27.9. The lowest BCUT2D eigenvalue weighted by molar-refractivity contribution is -0.131. The third kappa shape index (κ3) is 5.75. The predicted octanol–water partition coefficient (Wildman–Crippen LogP) is 3.58. The SMILES string of the molecule is CC(=O)N1CCC2(CC1)CN(c1ccc(CNC(=O)C3(c4ccc(OCc5ccc(C(F)F)nc5)nn4)CC3)nc1)C2. The van der Waals surface area contributed by atoms with E-state index in [4.69, 9.17) is 4.74 Å². The number of pyridine rings is 2. The van der Waals surface area contributed by atoms with Crippen molar-refractivity contribution < 1.29 is 23.1 Å². The molecule has 2 aliphatic heterocycles. The van der Waals surface area contributed by atoms with E-state index < -0.39 is 11.8 Å². The summed E-state index contributed by atoms with van der Waals surface area (Å²) in [6.45, 7) is 5.71. The van der Waals surface area contributed by atoms with Gasteiger partial charge in [-0.25, -0.2) is 8.78 Å². The van der Waals surface area contributed by atoms with Gasteiger partial charge in [0.05, 0.1) is 35.2 Å². The monoisotopic (exact) mass is 577 g/mol. The normalized spacial score (nSPS) is 18.5. The van der Waals surface area contributed by atoms with Gasteiger partial charge in [-0.05, 0) is 49.9 Å². The van der Waals surface area contributed by atoms with Crippen molar-refractivity contribution >= 4 is 17.5 Å². The molecule has 1 spiro atoms. The summed E-state index contributed by atoms with van der Waals surface area (Å²) in [6.07, 6.45) is 4.04. The number of likely N-dealkylation sites (tertiary alicyclic amines) is 1. The summed E-state index contributed by atoms with van der Waals surface area (Å²) in [5.41, 5.74) is 2.37. The number of carbonyl (C=O) groups is 2. The Hall–Kier alpha value is -4.22. The molecule has 1 N–H and O–H groups in total. The van der Waals surface area contributed by atoms with Crippen LogP contribution in [0.1, 0.15) is 61.7 Å². The number of nitrogens with one attached hydrogen (secondary N) is 1. The number of amides is 2. The topological polar surface area (TPSA) is 113 Å². The van der Waals surface area contributed by atoms with Gasteiger partial charge in [0, 0.05) is 56.3 Å². The number of alkyl halides is 2. The molecule has 0 atom stereocenters. The van der Waals surface area contributed by atoms with E-state index in [2.05, 4.69) is 30.4 Å². The number of hydrogen-bond acceptors (Lipinski definition) is 8. The van der Waals surface area contributed by atoms with Gasteiger partial charge in [-0.2, -0.15) is 5.10 Å². The van der Waals surface area contributed by atoms with Crippen LogP contribution in [0.15, 0.2) is 48.8 Å². The molecular weight excluding hydrogens is 544 g/mol. The number of rotatable bonds is 9. The molecule has 0 unspecified atom stereocenters. The molecule has 10 nitrogen and oxygen atoms in total. The summed E-state index contributed by atoms with van der Waals surface area (Å²) in [6, 6.07) is 10.2. The first-order valence-electron chi connectivity index (χ1n) is 14.2. The molecule has 2 amide bonds. The van der Waals surface area contributed by atoms with Gasteiger partial charge < -0.3 is 19.9 Å². The molecule has 12 heteroatoms. The highest BCUT2D eigenvalue weighted by molar-refractivity contribution is 5.90. The van der Waals surface area contributed by atoms with Crippen molar-refractivity contribution in [3.8, 4) is 5.88 Å². The van der Waals surface area contributed by atoms with Crippen molar-refractivity contribution in [2.24, 2.45) is 5.41 Å². The largest absolute Gasteiger partial charge is 0.472 e. The van der Waals surface area contributed by atoms with Crippen LogP contribution in [-0.4, -0.2) is 63.1 Å². The average molecular weight is 578 g/mol. The summed E-state index contributed by atoms with van der Waals surface area (Å²) < 4.78 is 30.9. The van der Waals surface area contributed by atoms with Gasteiger partial charge in [0.15, 0.2) is 0 Å². The van der Waals surface area contributed by atoms with Gasteiger partial charge in [0.1, 0.15) is 12.3 Å². The van der Waals surface area contributed by atoms with Crippen LogP contribution in [0.3, 0.4) is 0 Å². The van der Waals surface area contributed by atoms with Crippen LogP contribution in [0.4, 0.5) is 14.5 Å². The van der Waals surface area contributed by atoms with Crippen LogP contribution < -0.4 is 15.0 Å². The fourth-order valence-corrected chi connectivity index (χ4v) is 5.79. The zero-order chi connectivity index (χ0) is 29.3. The van der Waals surface area contributed by atoms with E-state index >= 15 is 0 Å². The molecule has 3 aliphatic rings. The lowest BCUT2D eigenvalue weighted by atomic mass is 9.72. The molecular formula is C30H33F2N7O3. The minimum absolute atomic E-state index is 0.108. The first-order chi connectivity index (χ1) is 20.3. The number of piperidine rings is 1. The maximum absolute atomic E-state index is 13.1. The van der Waals surface area contributed by atoms with Gasteiger partial charge in [-0.1, -0.05) is 6.07 Å². The molecule has 5 heterocycles. The second-order valence-electron chi connectivity index (χ2n) is 11.6. The number of aromatic nitrogens is 4. The maximum atomic E-state index is 13.1. The van der Waals surface area contributed by atoms with E-state index in [1.54, 1.807) is 19.1 Å². The first-order valence-corrected chi connectivity index (χ1v) is 14.2. The summed E-state index contributed by atoms with van der Waals surface area (Å²) in [5.74, 6) is 0.320. The Morgan fingerprint density at radius 2 is 1.76 bits per heavy atom. The highest BCUT2D eigenvalue weighted by atomic mass is 19.3. The van der Waals surface area contributed by atoms with Gasteiger partial charge >= 0.3 is 0 Å². The quantitative estimate of drug-likeness (QED) is 0.411. The van der Waals surface area contributed by atoms with E-state index in [9.17, 15) is 18.4 Å². The number of carbonyl (C=O) groups excluding carboxylic acids is 2. The van der Waals surface area contributed by atoms with E-state index in [0.29, 0.717) is 36.1 Å². The molecule has 2 saturated heterocycles. The van der Waals surface area contributed by atoms with Crippen LogP contribution in [0.5, 0.6) is 5.88 Å². The van der Waals surface area contributed by atoms with Crippen molar-refractivity contribution in [2.45, 2.75) is 57.6 Å². The maximum Gasteiger partial charge on any atom is 0.280 e. The van der Waals surface area contributed by atoms with Crippen molar-refractivity contribution in [1.82, 2.24) is 30.4 Å². The molecule has 3 aromatic heterocycles. The molecule has 3 fully saturated rings. The van der Waals surface area contributed by atoms with E-state index in [0.717, 1.165) is 50.4 Å². The second kappa shape index (κ2) is 11.2. The molecule has 0 radical (unpaired) electrons. The molecule has 220 valence electrons. The Kier molecular flexibility index (Phi) is 7.46. The van der Waals surface area contributed by atoms with Crippen LogP contribution in [0.25, 0.3) is 0 Å². The zero-order valence-corrected chi connectivity index (χ0v) is 23.4. The van der Waals surface area contributed by atoms with Crippen LogP contribution in [-0.2, 0) is 28.2 Å². The fraction of sp³-hybridized carbons (Fsp3) is 0.467. The van der Waals surface area contributed by atoms with Crippen molar-refractivity contribution in [3.63, 3.8) is 0 Å². The predicted molar refractivity (Wildman–Crippen MR) is 149 cm³/mol. The van der Waals surface area contributed by atoms with Gasteiger partial charge in [-0.3, -0.25) is 19.6 Å². The van der Waals surface area contributed by atoms with Crippen molar-refractivity contribution in [1.29, 1.82) is 0 Å². The Balaban J connectivity index is 0.969. The standard InChI is InChI=1S/C30H33F2N7O3/c1-20(40)38-12-10-29(11-13-38)18-39(19-29)23-4-3-22(33-16-23)15-35-28(41)30(8-9-30)25-6-7-26(37-36-25)42-17-21-2-5-24(27(31)32)34-14-21/h2-7,14,16,27H,8-13,15,17-19H2,1H3,(H,35,41). The minimum Gasteiger partial charge on any atom is -0.472 e. The zero-order valence-electron chi connectivity index (χ0n) is 23.4. The smallest absolute Gasteiger partial charge is 0.280 e. The Bertz CT molecular complexity index is 1410. The Labute approximate surface area is 242 Å². The highest BCUT2D eigenvalue weighted by Crippen LogP contribution is 2.47. The third-order valence-corrected chi connectivity index (χ3v) is 8.70. The number of nitrogens with zero attached hydrogens (tertiary/aromatic N) is 6. The lowest BCUT2D eigenvalue weighted by Gasteiger charge is -2.54. The molecule has 6 rings (SSSR count). The second-order valence-corrected chi connectivity index (χ2v) is 11.6. The Morgan fingerprint density at radius 3 is 2.33 bits per heavy atom. The molecule has 1 saturated carbocycles. The van der Waals surface area contributed by atoms with E-state index in [1.165, 1.54) is 18.3 Å². The summed E-state index contributed by atoms with van der Waals surface area (Å²) in [5, 5.41) is 11.3. The van der Waals surface area contributed by atoms with Crippen LogP contribution in [0, 0.1) is 5.41 Å². The summed E-state index contributed by atoms with van der Waals surface area (Å²) >= 11 is 0. The molecule has 0 aromatic carbocycles. The van der Waals surface area contributed by atoms with Crippen LogP contribution >= 0.6 is 0 Å². The molecule has 0 bridgehead atoms.